The highest BCUT2D eigenvalue weighted by Gasteiger charge is 1.92. The van der Waals surface area contributed by atoms with E-state index in [1.165, 1.54) is 4.90 Å². The van der Waals surface area contributed by atoms with Gasteiger partial charge in [0.05, 0.1) is 0 Å². The molecule has 0 aromatic heterocycles. The van der Waals surface area contributed by atoms with Crippen molar-refractivity contribution in [2.24, 2.45) is 0 Å². The largest absolute Gasteiger partial charge is 0.308 e. The van der Waals surface area contributed by atoms with E-state index in [0.29, 0.717) is 0 Å². The van der Waals surface area contributed by atoms with Gasteiger partial charge >= 0.3 is 0 Å². The van der Waals surface area contributed by atoms with Crippen molar-refractivity contribution in [3.05, 3.63) is 30.3 Å². The predicted octanol–water partition coefficient (Wildman–Crippen LogP) is 1.84. The zero-order valence-corrected chi connectivity index (χ0v) is 8.97. The first-order valence-electron chi connectivity index (χ1n) is 4.38. The SMILES string of the molecule is CN(C)CCNSc1ccccc1. The van der Waals surface area contributed by atoms with E-state index >= 15 is 0 Å². The monoisotopic (exact) mass is 196 g/mol. The van der Waals surface area contributed by atoms with Crippen molar-refractivity contribution < 1.29 is 0 Å². The molecule has 72 valence electrons. The second kappa shape index (κ2) is 6.02. The van der Waals surface area contributed by atoms with Crippen molar-refractivity contribution in [1.29, 1.82) is 0 Å². The van der Waals surface area contributed by atoms with Crippen LogP contribution in [0.4, 0.5) is 0 Å². The Morgan fingerprint density at radius 3 is 2.54 bits per heavy atom. The van der Waals surface area contributed by atoms with Crippen molar-refractivity contribution in [2.75, 3.05) is 27.2 Å². The van der Waals surface area contributed by atoms with Gasteiger partial charge in [-0.2, -0.15) is 0 Å². The standard InChI is InChI=1S/C10H16N2S/c1-12(2)9-8-11-13-10-6-4-3-5-7-10/h3-7,11H,8-9H2,1-2H3. The number of likely N-dealkylation sites (N-methyl/N-ethyl adjacent to an activating group) is 1. The Bertz CT molecular complexity index is 224. The first-order valence-corrected chi connectivity index (χ1v) is 5.20. The summed E-state index contributed by atoms with van der Waals surface area (Å²) in [6.45, 7) is 2.08. The van der Waals surface area contributed by atoms with Crippen LogP contribution in [0.1, 0.15) is 0 Å². The number of nitrogens with zero attached hydrogens (tertiary/aromatic N) is 1. The highest BCUT2D eigenvalue weighted by molar-refractivity contribution is 7.97. The maximum Gasteiger partial charge on any atom is 0.0228 e. The zero-order chi connectivity index (χ0) is 9.52. The van der Waals surface area contributed by atoms with E-state index < -0.39 is 0 Å². The molecule has 0 unspecified atom stereocenters. The number of nitrogens with one attached hydrogen (secondary N) is 1. The van der Waals surface area contributed by atoms with Crippen molar-refractivity contribution in [3.8, 4) is 0 Å². The summed E-state index contributed by atoms with van der Waals surface area (Å²) in [6.07, 6.45) is 0. The molecule has 2 nitrogen and oxygen atoms in total. The van der Waals surface area contributed by atoms with Gasteiger partial charge in [-0.3, -0.25) is 4.72 Å². The summed E-state index contributed by atoms with van der Waals surface area (Å²) in [5, 5.41) is 0. The van der Waals surface area contributed by atoms with Gasteiger partial charge in [-0.25, -0.2) is 0 Å². The minimum Gasteiger partial charge on any atom is -0.308 e. The molecule has 0 spiro atoms. The summed E-state index contributed by atoms with van der Waals surface area (Å²) in [7, 11) is 4.16. The summed E-state index contributed by atoms with van der Waals surface area (Å²) in [5.74, 6) is 0. The average Bonchev–Trinajstić information content (AvgIpc) is 2.14. The highest BCUT2D eigenvalue weighted by Crippen LogP contribution is 2.12. The van der Waals surface area contributed by atoms with Gasteiger partial charge in [0.1, 0.15) is 0 Å². The fourth-order valence-electron chi connectivity index (χ4n) is 0.892. The van der Waals surface area contributed by atoms with Crippen molar-refractivity contribution in [2.45, 2.75) is 4.90 Å². The van der Waals surface area contributed by atoms with Gasteiger partial charge in [-0.15, -0.1) is 0 Å². The van der Waals surface area contributed by atoms with Crippen LogP contribution < -0.4 is 4.72 Å². The Morgan fingerprint density at radius 2 is 1.92 bits per heavy atom. The number of rotatable bonds is 5. The number of benzene rings is 1. The van der Waals surface area contributed by atoms with Gasteiger partial charge in [-0.1, -0.05) is 18.2 Å². The van der Waals surface area contributed by atoms with Crippen molar-refractivity contribution in [1.82, 2.24) is 9.62 Å². The van der Waals surface area contributed by atoms with Gasteiger partial charge in [0.15, 0.2) is 0 Å². The molecule has 13 heavy (non-hydrogen) atoms. The Balaban J connectivity index is 2.13. The summed E-state index contributed by atoms with van der Waals surface area (Å²) in [6, 6.07) is 10.3. The topological polar surface area (TPSA) is 15.3 Å². The molecule has 0 saturated carbocycles. The highest BCUT2D eigenvalue weighted by atomic mass is 32.2. The van der Waals surface area contributed by atoms with E-state index in [9.17, 15) is 0 Å². The van der Waals surface area contributed by atoms with E-state index in [4.69, 9.17) is 0 Å². The zero-order valence-electron chi connectivity index (χ0n) is 8.16. The molecule has 3 heteroatoms. The fourth-order valence-corrected chi connectivity index (χ4v) is 1.55. The predicted molar refractivity (Wildman–Crippen MR) is 58.9 cm³/mol. The molecule has 0 fully saturated rings. The lowest BCUT2D eigenvalue weighted by Crippen LogP contribution is -2.22. The minimum atomic E-state index is 1.01. The van der Waals surface area contributed by atoms with E-state index in [1.54, 1.807) is 11.9 Å². The molecule has 1 N–H and O–H groups in total. The molecule has 0 aliphatic rings. The van der Waals surface area contributed by atoms with Gasteiger partial charge < -0.3 is 4.90 Å². The second-order valence-corrected chi connectivity index (χ2v) is 4.08. The van der Waals surface area contributed by atoms with Crippen LogP contribution >= 0.6 is 11.9 Å². The second-order valence-electron chi connectivity index (χ2n) is 3.11. The molecule has 1 rings (SSSR count). The molecule has 0 aliphatic carbocycles. The van der Waals surface area contributed by atoms with E-state index in [2.05, 4.69) is 48.0 Å². The molecular formula is C10H16N2S. The summed E-state index contributed by atoms with van der Waals surface area (Å²) >= 11 is 1.69. The van der Waals surface area contributed by atoms with Gasteiger partial charge in [-0.05, 0) is 38.2 Å². The summed E-state index contributed by atoms with van der Waals surface area (Å²) in [5.41, 5.74) is 0. The van der Waals surface area contributed by atoms with Crippen LogP contribution in [0.3, 0.4) is 0 Å². The van der Waals surface area contributed by atoms with Crippen molar-refractivity contribution in [3.63, 3.8) is 0 Å². The molecule has 1 aromatic carbocycles. The van der Waals surface area contributed by atoms with Gasteiger partial charge in [0, 0.05) is 18.0 Å². The normalized spacial score (nSPS) is 10.7. The number of hydrogen-bond acceptors (Lipinski definition) is 3. The third-order valence-corrected chi connectivity index (χ3v) is 2.45. The Kier molecular flexibility index (Phi) is 4.90. The van der Waals surface area contributed by atoms with Crippen LogP contribution in [0, 0.1) is 0 Å². The molecule has 1 aromatic rings. The summed E-state index contributed by atoms with van der Waals surface area (Å²) in [4.78, 5) is 3.43. The van der Waals surface area contributed by atoms with Crippen LogP contribution in [-0.4, -0.2) is 32.1 Å². The lowest BCUT2D eigenvalue weighted by molar-refractivity contribution is 0.415. The first-order chi connectivity index (χ1) is 6.29. The summed E-state index contributed by atoms with van der Waals surface area (Å²) < 4.78 is 3.31. The Labute approximate surface area is 84.5 Å². The van der Waals surface area contributed by atoms with E-state index in [-0.39, 0.29) is 0 Å². The minimum absolute atomic E-state index is 1.01. The molecule has 0 bridgehead atoms. The van der Waals surface area contributed by atoms with Gasteiger partial charge in [0.25, 0.3) is 0 Å². The Hall–Kier alpha value is -0.510. The molecule has 0 saturated heterocycles. The van der Waals surface area contributed by atoms with Crippen molar-refractivity contribution >= 4 is 11.9 Å². The molecule has 0 amide bonds. The maximum atomic E-state index is 3.31. The third-order valence-electron chi connectivity index (χ3n) is 1.59. The van der Waals surface area contributed by atoms with E-state index in [0.717, 1.165) is 13.1 Å². The third kappa shape index (κ3) is 4.93. The number of hydrogen-bond donors (Lipinski definition) is 1. The van der Waals surface area contributed by atoms with Crippen LogP contribution in [0.25, 0.3) is 0 Å². The van der Waals surface area contributed by atoms with E-state index in [1.807, 2.05) is 6.07 Å². The molecule has 0 radical (unpaired) electrons. The van der Waals surface area contributed by atoms with Crippen LogP contribution in [-0.2, 0) is 0 Å². The smallest absolute Gasteiger partial charge is 0.0228 e. The van der Waals surface area contributed by atoms with Gasteiger partial charge in [0.2, 0.25) is 0 Å². The molecule has 0 aliphatic heterocycles. The quantitative estimate of drug-likeness (QED) is 0.571. The Morgan fingerprint density at radius 1 is 1.23 bits per heavy atom. The lowest BCUT2D eigenvalue weighted by atomic mass is 10.4. The lowest BCUT2D eigenvalue weighted by Gasteiger charge is -2.09. The van der Waals surface area contributed by atoms with Crippen LogP contribution in [0.15, 0.2) is 35.2 Å². The maximum absolute atomic E-state index is 3.31. The fraction of sp³-hybridized carbons (Fsp3) is 0.400. The molecular weight excluding hydrogens is 180 g/mol. The van der Waals surface area contributed by atoms with Crippen LogP contribution in [0.5, 0.6) is 0 Å². The molecule has 0 heterocycles. The van der Waals surface area contributed by atoms with Crippen LogP contribution in [0.2, 0.25) is 0 Å². The molecule has 0 atom stereocenters. The average molecular weight is 196 g/mol. The first kappa shape index (κ1) is 10.6.